The first-order valence-corrected chi connectivity index (χ1v) is 6.66. The van der Waals surface area contributed by atoms with Gasteiger partial charge in [-0.2, -0.15) is 5.26 Å². The van der Waals surface area contributed by atoms with E-state index in [1.807, 2.05) is 13.8 Å². The van der Waals surface area contributed by atoms with Gasteiger partial charge in [-0.3, -0.25) is 9.59 Å². The van der Waals surface area contributed by atoms with Gasteiger partial charge >= 0.3 is 5.97 Å². The molecule has 0 spiro atoms. The number of rotatable bonds is 7. The fourth-order valence-corrected chi connectivity index (χ4v) is 1.75. The second-order valence-corrected chi connectivity index (χ2v) is 5.51. The number of nitrogens with one attached hydrogen (secondary N) is 1. The molecule has 0 fully saturated rings. The number of hydrogen-bond acceptors (Lipinski definition) is 5. The van der Waals surface area contributed by atoms with E-state index < -0.39 is 17.6 Å². The lowest BCUT2D eigenvalue weighted by Crippen LogP contribution is -2.49. The summed E-state index contributed by atoms with van der Waals surface area (Å²) in [5.41, 5.74) is 4.39. The van der Waals surface area contributed by atoms with E-state index in [-0.39, 0.29) is 23.3 Å². The van der Waals surface area contributed by atoms with Crippen molar-refractivity contribution in [3.05, 3.63) is 0 Å². The van der Waals surface area contributed by atoms with Crippen LogP contribution in [0.2, 0.25) is 0 Å². The van der Waals surface area contributed by atoms with Crippen molar-refractivity contribution >= 4 is 23.6 Å². The SMILES string of the molecule is CC(C)C(C)(C#N)NC(=O)CSC[C@H](N)C(=O)O. The Morgan fingerprint density at radius 2 is 2.11 bits per heavy atom. The van der Waals surface area contributed by atoms with Gasteiger partial charge in [-0.05, 0) is 12.8 Å². The summed E-state index contributed by atoms with van der Waals surface area (Å²) in [4.78, 5) is 22.1. The largest absolute Gasteiger partial charge is 0.480 e. The van der Waals surface area contributed by atoms with Crippen molar-refractivity contribution < 1.29 is 14.7 Å². The minimum absolute atomic E-state index is 0.0160. The first-order valence-electron chi connectivity index (χ1n) is 5.51. The zero-order valence-corrected chi connectivity index (χ0v) is 11.6. The lowest BCUT2D eigenvalue weighted by Gasteiger charge is -2.27. The summed E-state index contributed by atoms with van der Waals surface area (Å²) in [7, 11) is 0. The molecule has 0 aliphatic rings. The van der Waals surface area contributed by atoms with Gasteiger partial charge in [-0.15, -0.1) is 11.8 Å². The number of nitrogens with zero attached hydrogens (tertiary/aromatic N) is 1. The molecular weight excluding hydrogens is 254 g/mol. The van der Waals surface area contributed by atoms with Crippen molar-refractivity contribution in [3.8, 4) is 6.07 Å². The Hall–Kier alpha value is -1.26. The lowest BCUT2D eigenvalue weighted by molar-refractivity contribution is -0.138. The standard InChI is InChI=1S/C11H19N3O3S/c1-7(2)11(3,6-12)14-9(15)5-18-4-8(13)10(16)17/h7-8H,4-5,13H2,1-3H3,(H,14,15)(H,16,17)/t8-,11?/m0/s1. The van der Waals surface area contributed by atoms with E-state index in [9.17, 15) is 9.59 Å². The number of thioether (sulfide) groups is 1. The number of aliphatic carboxylic acids is 1. The van der Waals surface area contributed by atoms with E-state index in [4.69, 9.17) is 16.1 Å². The van der Waals surface area contributed by atoms with Gasteiger partial charge in [0.05, 0.1) is 11.8 Å². The molecule has 7 heteroatoms. The monoisotopic (exact) mass is 273 g/mol. The van der Waals surface area contributed by atoms with Crippen molar-refractivity contribution in [3.63, 3.8) is 0 Å². The van der Waals surface area contributed by atoms with Gasteiger partial charge in [0.1, 0.15) is 11.6 Å². The quantitative estimate of drug-likeness (QED) is 0.609. The number of amides is 1. The fraction of sp³-hybridized carbons (Fsp3) is 0.727. The van der Waals surface area contributed by atoms with Crippen molar-refractivity contribution in [2.24, 2.45) is 11.7 Å². The van der Waals surface area contributed by atoms with E-state index in [1.165, 1.54) is 0 Å². The number of carboxylic acids is 1. The highest BCUT2D eigenvalue weighted by molar-refractivity contribution is 8.00. The molecule has 0 bridgehead atoms. The highest BCUT2D eigenvalue weighted by atomic mass is 32.2. The Bertz CT molecular complexity index is 354. The maximum Gasteiger partial charge on any atom is 0.321 e. The van der Waals surface area contributed by atoms with Gasteiger partial charge in [0.25, 0.3) is 0 Å². The minimum atomic E-state index is -1.09. The van der Waals surface area contributed by atoms with Crippen LogP contribution in [0.3, 0.4) is 0 Å². The van der Waals surface area contributed by atoms with E-state index >= 15 is 0 Å². The maximum atomic E-state index is 11.6. The smallest absolute Gasteiger partial charge is 0.321 e. The number of hydrogen-bond donors (Lipinski definition) is 3. The molecule has 0 saturated carbocycles. The van der Waals surface area contributed by atoms with Gasteiger partial charge in [0.15, 0.2) is 0 Å². The van der Waals surface area contributed by atoms with Gasteiger partial charge < -0.3 is 16.2 Å². The minimum Gasteiger partial charge on any atom is -0.480 e. The molecule has 1 amide bonds. The number of carboxylic acid groups (broad SMARTS) is 1. The van der Waals surface area contributed by atoms with Gasteiger partial charge in [-0.1, -0.05) is 13.8 Å². The average Bonchev–Trinajstić information content (AvgIpc) is 2.28. The van der Waals surface area contributed by atoms with Crippen LogP contribution in [0.25, 0.3) is 0 Å². The van der Waals surface area contributed by atoms with Crippen LogP contribution in [0.4, 0.5) is 0 Å². The van der Waals surface area contributed by atoms with Gasteiger partial charge in [-0.25, -0.2) is 0 Å². The van der Waals surface area contributed by atoms with Crippen LogP contribution in [0.15, 0.2) is 0 Å². The van der Waals surface area contributed by atoms with Crippen LogP contribution in [-0.4, -0.2) is 40.1 Å². The van der Waals surface area contributed by atoms with Crippen LogP contribution >= 0.6 is 11.8 Å². The molecule has 18 heavy (non-hydrogen) atoms. The molecule has 1 unspecified atom stereocenters. The molecule has 0 rings (SSSR count). The summed E-state index contributed by atoms with van der Waals surface area (Å²) >= 11 is 1.13. The molecule has 6 nitrogen and oxygen atoms in total. The number of carbonyl (C=O) groups is 2. The highest BCUT2D eigenvalue weighted by Crippen LogP contribution is 2.15. The zero-order valence-electron chi connectivity index (χ0n) is 10.8. The first kappa shape index (κ1) is 16.7. The molecule has 0 aliphatic heterocycles. The van der Waals surface area contributed by atoms with Crippen LogP contribution in [0.5, 0.6) is 0 Å². The molecule has 0 saturated heterocycles. The van der Waals surface area contributed by atoms with Crippen LogP contribution < -0.4 is 11.1 Å². The lowest BCUT2D eigenvalue weighted by atomic mass is 9.90. The summed E-state index contributed by atoms with van der Waals surface area (Å²) in [6.45, 7) is 5.34. The average molecular weight is 273 g/mol. The first-order chi connectivity index (χ1) is 8.23. The fourth-order valence-electron chi connectivity index (χ4n) is 0.977. The molecule has 102 valence electrons. The Balaban J connectivity index is 4.14. The molecule has 0 heterocycles. The topological polar surface area (TPSA) is 116 Å². The van der Waals surface area contributed by atoms with E-state index in [0.717, 1.165) is 11.8 Å². The second-order valence-electron chi connectivity index (χ2n) is 4.48. The maximum absolute atomic E-state index is 11.6. The molecule has 4 N–H and O–H groups in total. The Morgan fingerprint density at radius 3 is 2.50 bits per heavy atom. The third-order valence-electron chi connectivity index (χ3n) is 2.63. The van der Waals surface area contributed by atoms with Crippen LogP contribution in [-0.2, 0) is 9.59 Å². The van der Waals surface area contributed by atoms with Gasteiger partial charge in [0, 0.05) is 5.75 Å². The second kappa shape index (κ2) is 7.24. The van der Waals surface area contributed by atoms with Crippen LogP contribution in [0.1, 0.15) is 20.8 Å². The molecule has 0 aromatic rings. The molecule has 0 aromatic carbocycles. The van der Waals surface area contributed by atoms with Crippen LogP contribution in [0, 0.1) is 17.2 Å². The number of nitriles is 1. The summed E-state index contributed by atoms with van der Waals surface area (Å²) in [5, 5.41) is 20.2. The Morgan fingerprint density at radius 1 is 1.56 bits per heavy atom. The number of nitrogens with two attached hydrogens (primary N) is 1. The predicted octanol–water partition coefficient (Wildman–Crippen LogP) is 0.186. The summed E-state index contributed by atoms with van der Waals surface area (Å²) in [6, 6.07) is 1.09. The van der Waals surface area contributed by atoms with Crippen molar-refractivity contribution in [2.45, 2.75) is 32.4 Å². The summed E-state index contributed by atoms with van der Waals surface area (Å²) < 4.78 is 0. The van der Waals surface area contributed by atoms with Crippen molar-refractivity contribution in [2.75, 3.05) is 11.5 Å². The molecular formula is C11H19N3O3S. The van der Waals surface area contributed by atoms with Gasteiger partial charge in [0.2, 0.25) is 5.91 Å². The van der Waals surface area contributed by atoms with E-state index in [2.05, 4.69) is 11.4 Å². The zero-order chi connectivity index (χ0) is 14.3. The molecule has 0 aromatic heterocycles. The van der Waals surface area contributed by atoms with E-state index in [1.54, 1.807) is 6.92 Å². The predicted molar refractivity (Wildman–Crippen MR) is 69.9 cm³/mol. The molecule has 0 radical (unpaired) electrons. The normalized spacial score (nSPS) is 15.6. The Kier molecular flexibility index (Phi) is 6.73. The third kappa shape index (κ3) is 5.38. The van der Waals surface area contributed by atoms with Crippen molar-refractivity contribution in [1.29, 1.82) is 5.26 Å². The molecule has 2 atom stereocenters. The third-order valence-corrected chi connectivity index (χ3v) is 3.69. The highest BCUT2D eigenvalue weighted by Gasteiger charge is 2.29. The summed E-state index contributed by atoms with van der Waals surface area (Å²) in [6.07, 6.45) is 0. The Labute approximate surface area is 111 Å². The van der Waals surface area contributed by atoms with E-state index in [0.29, 0.717) is 0 Å². The summed E-state index contributed by atoms with van der Waals surface area (Å²) in [5.74, 6) is -1.15. The number of carbonyl (C=O) groups excluding carboxylic acids is 1. The van der Waals surface area contributed by atoms with Crippen molar-refractivity contribution in [1.82, 2.24) is 5.32 Å². The molecule has 0 aliphatic carbocycles.